The van der Waals surface area contributed by atoms with Crippen molar-refractivity contribution in [3.63, 3.8) is 0 Å². The zero-order valence-electron chi connectivity index (χ0n) is 17.2. The fourth-order valence-corrected chi connectivity index (χ4v) is 4.85. The maximum Gasteiger partial charge on any atom is 0.242 e. The quantitative estimate of drug-likeness (QED) is 0.488. The number of carbonyl (C=O) groups excluding carboxylic acids is 2. The number of amides is 1. The van der Waals surface area contributed by atoms with Gasteiger partial charge in [0, 0.05) is 38.7 Å². The summed E-state index contributed by atoms with van der Waals surface area (Å²) in [6, 6.07) is 6.26. The van der Waals surface area contributed by atoms with Gasteiger partial charge in [0.2, 0.25) is 15.9 Å². The fraction of sp³-hybridized carbons (Fsp3) is 0.619. The molecule has 0 N–H and O–H groups in total. The summed E-state index contributed by atoms with van der Waals surface area (Å²) in [6.07, 6.45) is 7.79. The summed E-state index contributed by atoms with van der Waals surface area (Å²) in [7, 11) is -0.236. The third-order valence-corrected chi connectivity index (χ3v) is 7.47. The monoisotopic (exact) mass is 408 g/mol. The third kappa shape index (κ3) is 5.88. The van der Waals surface area contributed by atoms with Gasteiger partial charge in [-0.1, -0.05) is 37.8 Å². The molecule has 1 aromatic rings. The van der Waals surface area contributed by atoms with E-state index in [2.05, 4.69) is 0 Å². The first kappa shape index (κ1) is 22.6. The average molecular weight is 409 g/mol. The van der Waals surface area contributed by atoms with Gasteiger partial charge in [-0.3, -0.25) is 9.59 Å². The van der Waals surface area contributed by atoms with E-state index in [0.29, 0.717) is 24.4 Å². The summed E-state index contributed by atoms with van der Waals surface area (Å²) >= 11 is 0. The minimum absolute atomic E-state index is 0.0866. The summed E-state index contributed by atoms with van der Waals surface area (Å²) in [5.41, 5.74) is 0.480. The van der Waals surface area contributed by atoms with Crippen LogP contribution >= 0.6 is 0 Å². The Morgan fingerprint density at radius 1 is 1.00 bits per heavy atom. The van der Waals surface area contributed by atoms with Gasteiger partial charge in [0.15, 0.2) is 5.78 Å². The molecular formula is C21H32N2O4S. The largest absolute Gasteiger partial charge is 0.343 e. The van der Waals surface area contributed by atoms with Crippen LogP contribution in [0.15, 0.2) is 29.2 Å². The minimum atomic E-state index is -3.63. The molecule has 1 aromatic carbocycles. The maximum atomic E-state index is 12.7. The van der Waals surface area contributed by atoms with Crippen LogP contribution in [0, 0.1) is 0 Å². The van der Waals surface area contributed by atoms with E-state index in [1.807, 2.05) is 11.9 Å². The first-order valence-electron chi connectivity index (χ1n) is 10.1. The van der Waals surface area contributed by atoms with Crippen LogP contribution in [0.1, 0.15) is 68.6 Å². The predicted molar refractivity (Wildman–Crippen MR) is 110 cm³/mol. The van der Waals surface area contributed by atoms with Crippen LogP contribution in [0.4, 0.5) is 0 Å². The van der Waals surface area contributed by atoms with Gasteiger partial charge in [0.25, 0.3) is 0 Å². The molecule has 0 saturated heterocycles. The summed E-state index contributed by atoms with van der Waals surface area (Å²) in [6.45, 7) is 1.72. The standard InChI is InChI=1S/C21H32N2O4S/c1-17(24)18-12-14-20(15-13-18)28(26,27)22(2)16-8-11-21(25)23(3)19-9-6-4-5-7-10-19/h12-15,19H,4-11,16H2,1-3H3. The number of carbonyl (C=O) groups is 2. The van der Waals surface area contributed by atoms with Gasteiger partial charge < -0.3 is 4.90 Å². The molecule has 156 valence electrons. The van der Waals surface area contributed by atoms with Crippen LogP contribution in [-0.4, -0.2) is 56.0 Å². The summed E-state index contributed by atoms with van der Waals surface area (Å²) in [5, 5.41) is 0. The first-order chi connectivity index (χ1) is 13.2. The topological polar surface area (TPSA) is 74.8 Å². The van der Waals surface area contributed by atoms with Gasteiger partial charge in [-0.25, -0.2) is 12.7 Å². The lowest BCUT2D eigenvalue weighted by molar-refractivity contribution is -0.132. The van der Waals surface area contributed by atoms with Crippen molar-refractivity contribution in [2.75, 3.05) is 20.6 Å². The molecule has 28 heavy (non-hydrogen) atoms. The highest BCUT2D eigenvalue weighted by Crippen LogP contribution is 2.22. The molecule has 0 heterocycles. The lowest BCUT2D eigenvalue weighted by Gasteiger charge is -2.27. The average Bonchev–Trinajstić information content (AvgIpc) is 2.96. The molecular weight excluding hydrogens is 376 g/mol. The zero-order valence-corrected chi connectivity index (χ0v) is 18.0. The van der Waals surface area contributed by atoms with Gasteiger partial charge in [0.1, 0.15) is 0 Å². The van der Waals surface area contributed by atoms with E-state index >= 15 is 0 Å². The van der Waals surface area contributed by atoms with E-state index in [4.69, 9.17) is 0 Å². The molecule has 6 nitrogen and oxygen atoms in total. The normalized spacial score (nSPS) is 16.0. The van der Waals surface area contributed by atoms with Crippen molar-refractivity contribution in [3.05, 3.63) is 29.8 Å². The maximum absolute atomic E-state index is 12.7. The molecule has 0 aromatic heterocycles. The SMILES string of the molecule is CC(=O)c1ccc(S(=O)(=O)N(C)CCCC(=O)N(C)C2CCCCCC2)cc1. The smallest absolute Gasteiger partial charge is 0.242 e. The van der Waals surface area contributed by atoms with Gasteiger partial charge in [0.05, 0.1) is 4.90 Å². The molecule has 0 radical (unpaired) electrons. The Balaban J connectivity index is 1.87. The summed E-state index contributed by atoms with van der Waals surface area (Å²) < 4.78 is 26.6. The molecule has 0 bridgehead atoms. The third-order valence-electron chi connectivity index (χ3n) is 5.60. The number of hydrogen-bond donors (Lipinski definition) is 0. The second kappa shape index (κ2) is 10.2. The number of hydrogen-bond acceptors (Lipinski definition) is 4. The Labute approximate surface area is 169 Å². The number of sulfonamides is 1. The van der Waals surface area contributed by atoms with Gasteiger partial charge in [-0.05, 0) is 38.3 Å². The van der Waals surface area contributed by atoms with Crippen molar-refractivity contribution >= 4 is 21.7 Å². The highest BCUT2D eigenvalue weighted by molar-refractivity contribution is 7.89. The molecule has 0 spiro atoms. The Bertz CT molecular complexity index is 766. The first-order valence-corrected chi connectivity index (χ1v) is 11.5. The molecule has 2 rings (SSSR count). The van der Waals surface area contributed by atoms with Crippen molar-refractivity contribution in [2.24, 2.45) is 0 Å². The fourth-order valence-electron chi connectivity index (χ4n) is 3.64. The van der Waals surface area contributed by atoms with Crippen molar-refractivity contribution in [1.29, 1.82) is 0 Å². The molecule has 1 fully saturated rings. The van der Waals surface area contributed by atoms with Crippen LogP contribution in [0.2, 0.25) is 0 Å². The molecule has 0 atom stereocenters. The van der Waals surface area contributed by atoms with Crippen molar-refractivity contribution in [3.8, 4) is 0 Å². The van der Waals surface area contributed by atoms with Crippen LogP contribution in [-0.2, 0) is 14.8 Å². The lowest BCUT2D eigenvalue weighted by atomic mass is 10.1. The second-order valence-electron chi connectivity index (χ2n) is 7.66. The van der Waals surface area contributed by atoms with E-state index in [1.165, 1.54) is 68.2 Å². The van der Waals surface area contributed by atoms with E-state index in [-0.39, 0.29) is 23.1 Å². The van der Waals surface area contributed by atoms with Gasteiger partial charge in [-0.15, -0.1) is 0 Å². The number of ketones is 1. The van der Waals surface area contributed by atoms with Crippen molar-refractivity contribution in [2.45, 2.75) is 69.2 Å². The van der Waals surface area contributed by atoms with Crippen LogP contribution in [0.5, 0.6) is 0 Å². The number of rotatable bonds is 8. The lowest BCUT2D eigenvalue weighted by Crippen LogP contribution is -2.37. The summed E-state index contributed by atoms with van der Waals surface area (Å²) in [5.74, 6) is -0.0166. The molecule has 0 unspecified atom stereocenters. The van der Waals surface area contributed by atoms with Crippen LogP contribution in [0.3, 0.4) is 0 Å². The van der Waals surface area contributed by atoms with Crippen LogP contribution < -0.4 is 0 Å². The predicted octanol–water partition coefficient (Wildman–Crippen LogP) is 3.47. The Kier molecular flexibility index (Phi) is 8.19. The summed E-state index contributed by atoms with van der Waals surface area (Å²) in [4.78, 5) is 25.8. The zero-order chi connectivity index (χ0) is 20.7. The van der Waals surface area contributed by atoms with Crippen molar-refractivity contribution < 1.29 is 18.0 Å². The van der Waals surface area contributed by atoms with Crippen LogP contribution in [0.25, 0.3) is 0 Å². The molecule has 1 saturated carbocycles. The van der Waals surface area contributed by atoms with E-state index in [1.54, 1.807) is 0 Å². The Morgan fingerprint density at radius 3 is 2.11 bits per heavy atom. The number of benzene rings is 1. The van der Waals surface area contributed by atoms with E-state index < -0.39 is 10.0 Å². The van der Waals surface area contributed by atoms with Gasteiger partial charge in [-0.2, -0.15) is 0 Å². The van der Waals surface area contributed by atoms with E-state index in [9.17, 15) is 18.0 Å². The van der Waals surface area contributed by atoms with Gasteiger partial charge >= 0.3 is 0 Å². The molecule has 1 aliphatic carbocycles. The molecule has 0 aliphatic heterocycles. The molecule has 7 heteroatoms. The molecule has 1 amide bonds. The Hall–Kier alpha value is -1.73. The highest BCUT2D eigenvalue weighted by atomic mass is 32.2. The molecule has 1 aliphatic rings. The minimum Gasteiger partial charge on any atom is -0.343 e. The second-order valence-corrected chi connectivity index (χ2v) is 9.71. The number of nitrogens with zero attached hydrogens (tertiary/aromatic N) is 2. The van der Waals surface area contributed by atoms with Crippen molar-refractivity contribution in [1.82, 2.24) is 9.21 Å². The Morgan fingerprint density at radius 2 is 1.57 bits per heavy atom. The number of Topliss-reactive ketones (excluding diaryl/α,β-unsaturated/α-hetero) is 1. The van der Waals surface area contributed by atoms with E-state index in [0.717, 1.165) is 12.8 Å². The highest BCUT2D eigenvalue weighted by Gasteiger charge is 2.23.